The smallest absolute Gasteiger partial charge is 0.337 e. The van der Waals surface area contributed by atoms with Crippen LogP contribution in [0.25, 0.3) is 0 Å². The maximum absolute atomic E-state index is 11.3. The first kappa shape index (κ1) is 10.1. The second-order valence-electron chi connectivity index (χ2n) is 3.21. The average Bonchev–Trinajstić information content (AvgIpc) is 2.64. The van der Waals surface area contributed by atoms with E-state index in [2.05, 4.69) is 20.7 Å². The van der Waals surface area contributed by atoms with Crippen LogP contribution in [0.5, 0.6) is 0 Å². The Bertz CT molecular complexity index is 313. The first-order valence-electron chi connectivity index (χ1n) is 4.07. The Labute approximate surface area is 88.4 Å². The van der Waals surface area contributed by atoms with E-state index < -0.39 is 30.4 Å². The molecule has 2 rings (SSSR count). The predicted molar refractivity (Wildman–Crippen MR) is 48.6 cm³/mol. The van der Waals surface area contributed by atoms with Crippen LogP contribution in [0.2, 0.25) is 0 Å². The van der Waals surface area contributed by atoms with Gasteiger partial charge in [-0.25, -0.2) is 4.79 Å². The van der Waals surface area contributed by atoms with Crippen LogP contribution in [0.3, 0.4) is 0 Å². The summed E-state index contributed by atoms with van der Waals surface area (Å²) in [6.45, 7) is 0. The number of aliphatic hydroxyl groups is 2. The summed E-state index contributed by atoms with van der Waals surface area (Å²) in [7, 11) is 1.25. The zero-order valence-electron chi connectivity index (χ0n) is 7.31. The molecule has 1 saturated heterocycles. The Morgan fingerprint density at radius 2 is 2.00 bits per heavy atom. The molecule has 2 aliphatic heterocycles. The maximum Gasteiger partial charge on any atom is 0.337 e. The number of carbonyl (C=O) groups excluding carboxylic acids is 1. The molecule has 0 aliphatic carbocycles. The van der Waals surface area contributed by atoms with Gasteiger partial charge in [0.1, 0.15) is 24.4 Å². The number of carbonyl (C=O) groups is 1. The van der Waals surface area contributed by atoms with E-state index in [1.807, 2.05) is 0 Å². The van der Waals surface area contributed by atoms with Gasteiger partial charge >= 0.3 is 5.97 Å². The van der Waals surface area contributed by atoms with Gasteiger partial charge < -0.3 is 19.7 Å². The number of rotatable bonds is 1. The van der Waals surface area contributed by atoms with Gasteiger partial charge in [0, 0.05) is 4.48 Å². The molecule has 0 saturated carbocycles. The van der Waals surface area contributed by atoms with Crippen molar-refractivity contribution in [2.75, 3.05) is 7.11 Å². The van der Waals surface area contributed by atoms with Crippen LogP contribution in [0.1, 0.15) is 0 Å². The monoisotopic (exact) mass is 264 g/mol. The van der Waals surface area contributed by atoms with Crippen molar-refractivity contribution in [2.45, 2.75) is 24.4 Å². The zero-order chi connectivity index (χ0) is 10.5. The number of methoxy groups -OCH3 is 1. The molecular formula is C8H9BrO5. The van der Waals surface area contributed by atoms with Crippen molar-refractivity contribution >= 4 is 21.9 Å². The molecule has 0 spiro atoms. The maximum atomic E-state index is 11.3. The average molecular weight is 265 g/mol. The molecule has 4 atom stereocenters. The largest absolute Gasteiger partial charge is 0.466 e. The van der Waals surface area contributed by atoms with Crippen molar-refractivity contribution in [2.24, 2.45) is 0 Å². The molecule has 0 unspecified atom stereocenters. The minimum absolute atomic E-state index is 0.260. The highest BCUT2D eigenvalue weighted by Gasteiger charge is 2.54. The Hall–Kier alpha value is -0.430. The molecule has 2 N–H and O–H groups in total. The molecule has 14 heavy (non-hydrogen) atoms. The first-order valence-corrected chi connectivity index (χ1v) is 4.86. The van der Waals surface area contributed by atoms with Crippen molar-refractivity contribution in [3.8, 4) is 0 Å². The van der Waals surface area contributed by atoms with Crippen LogP contribution in [0, 0.1) is 0 Å². The lowest BCUT2D eigenvalue weighted by Crippen LogP contribution is -2.39. The molecule has 0 aromatic carbocycles. The van der Waals surface area contributed by atoms with Crippen LogP contribution in [-0.2, 0) is 14.3 Å². The summed E-state index contributed by atoms with van der Waals surface area (Å²) in [5.41, 5.74) is 0.260. The molecule has 78 valence electrons. The third kappa shape index (κ3) is 1.15. The summed E-state index contributed by atoms with van der Waals surface area (Å²) in [6.07, 6.45) is -3.47. The van der Waals surface area contributed by atoms with Crippen molar-refractivity contribution in [1.82, 2.24) is 0 Å². The highest BCUT2D eigenvalue weighted by atomic mass is 79.9. The molecule has 0 radical (unpaired) electrons. The first-order chi connectivity index (χ1) is 6.57. The summed E-state index contributed by atoms with van der Waals surface area (Å²) in [6, 6.07) is 0. The van der Waals surface area contributed by atoms with Gasteiger partial charge in [-0.05, 0) is 0 Å². The van der Waals surface area contributed by atoms with Gasteiger partial charge in [-0.2, -0.15) is 0 Å². The van der Waals surface area contributed by atoms with Gasteiger partial charge in [-0.1, -0.05) is 15.9 Å². The molecule has 0 aromatic heterocycles. The van der Waals surface area contributed by atoms with E-state index >= 15 is 0 Å². The zero-order valence-corrected chi connectivity index (χ0v) is 8.89. The quantitative estimate of drug-likeness (QED) is 0.614. The third-order valence-corrected chi connectivity index (χ3v) is 3.34. The van der Waals surface area contributed by atoms with Gasteiger partial charge in [-0.3, -0.25) is 0 Å². The summed E-state index contributed by atoms with van der Waals surface area (Å²) >= 11 is 3.15. The van der Waals surface area contributed by atoms with E-state index in [1.54, 1.807) is 0 Å². The lowest BCUT2D eigenvalue weighted by atomic mass is 9.94. The van der Waals surface area contributed by atoms with Crippen LogP contribution >= 0.6 is 15.9 Å². The van der Waals surface area contributed by atoms with E-state index in [0.717, 1.165) is 0 Å². The molecule has 5 nitrogen and oxygen atoms in total. The fraction of sp³-hybridized carbons (Fsp3) is 0.625. The minimum Gasteiger partial charge on any atom is -0.466 e. The number of hydrogen-bond acceptors (Lipinski definition) is 5. The second kappa shape index (κ2) is 3.30. The van der Waals surface area contributed by atoms with E-state index in [4.69, 9.17) is 4.74 Å². The number of fused-ring (bicyclic) bond motifs is 2. The molecular weight excluding hydrogens is 256 g/mol. The highest BCUT2D eigenvalue weighted by molar-refractivity contribution is 9.11. The number of aliphatic hydroxyl groups excluding tert-OH is 2. The van der Waals surface area contributed by atoms with E-state index in [-0.39, 0.29) is 5.57 Å². The number of halogens is 1. The van der Waals surface area contributed by atoms with Crippen LogP contribution in [-0.4, -0.2) is 47.7 Å². The van der Waals surface area contributed by atoms with E-state index in [1.165, 1.54) is 7.11 Å². The highest BCUT2D eigenvalue weighted by Crippen LogP contribution is 2.42. The van der Waals surface area contributed by atoms with Crippen LogP contribution in [0.15, 0.2) is 10.1 Å². The SMILES string of the molecule is COC(=O)C1=C(Br)[C@H]2O[C@@H]1[C@H](O)[C@@H]2O. The Balaban J connectivity index is 2.35. The Morgan fingerprint density at radius 1 is 1.43 bits per heavy atom. The lowest BCUT2D eigenvalue weighted by Gasteiger charge is -2.20. The Kier molecular flexibility index (Phi) is 2.38. The number of esters is 1. The number of hydrogen-bond donors (Lipinski definition) is 2. The molecule has 0 aromatic rings. The molecule has 2 bridgehead atoms. The second-order valence-corrected chi connectivity index (χ2v) is 4.07. The van der Waals surface area contributed by atoms with Gasteiger partial charge in [0.05, 0.1) is 12.7 Å². The number of ether oxygens (including phenoxy) is 2. The van der Waals surface area contributed by atoms with Crippen molar-refractivity contribution < 1.29 is 24.5 Å². The van der Waals surface area contributed by atoms with Gasteiger partial charge in [-0.15, -0.1) is 0 Å². The van der Waals surface area contributed by atoms with Crippen LogP contribution in [0.4, 0.5) is 0 Å². The van der Waals surface area contributed by atoms with Gasteiger partial charge in [0.15, 0.2) is 0 Å². The fourth-order valence-electron chi connectivity index (χ4n) is 1.74. The van der Waals surface area contributed by atoms with Crippen molar-refractivity contribution in [1.29, 1.82) is 0 Å². The summed E-state index contributed by atoms with van der Waals surface area (Å²) in [4.78, 5) is 11.3. The molecule has 2 aliphatic rings. The predicted octanol–water partition coefficient (Wildman–Crippen LogP) is -0.689. The summed E-state index contributed by atoms with van der Waals surface area (Å²) < 4.78 is 10.2. The third-order valence-electron chi connectivity index (χ3n) is 2.46. The van der Waals surface area contributed by atoms with Gasteiger partial charge in [0.25, 0.3) is 0 Å². The van der Waals surface area contributed by atoms with E-state index in [9.17, 15) is 15.0 Å². The standard InChI is InChI=1S/C8H9BrO5/c1-13-8(12)2-3(9)7-5(11)4(10)6(2)14-7/h4-7,10-11H,1H3/t4-,5+,6+,7-/m1/s1. The normalized spacial score (nSPS) is 40.6. The minimum atomic E-state index is -1.06. The molecule has 1 fully saturated rings. The summed E-state index contributed by atoms with van der Waals surface area (Å²) in [5.74, 6) is -0.546. The van der Waals surface area contributed by atoms with Crippen molar-refractivity contribution in [3.05, 3.63) is 10.1 Å². The van der Waals surface area contributed by atoms with E-state index in [0.29, 0.717) is 4.48 Å². The van der Waals surface area contributed by atoms with Crippen LogP contribution < -0.4 is 0 Å². The fourth-order valence-corrected chi connectivity index (χ4v) is 2.50. The molecule has 0 amide bonds. The van der Waals surface area contributed by atoms with Crippen molar-refractivity contribution in [3.63, 3.8) is 0 Å². The topological polar surface area (TPSA) is 76.0 Å². The molecule has 2 heterocycles. The molecule has 6 heteroatoms. The lowest BCUT2D eigenvalue weighted by molar-refractivity contribution is -0.137. The van der Waals surface area contributed by atoms with Gasteiger partial charge in [0.2, 0.25) is 0 Å². The Morgan fingerprint density at radius 3 is 2.50 bits per heavy atom. The summed E-state index contributed by atoms with van der Waals surface area (Å²) in [5, 5.41) is 18.9.